The van der Waals surface area contributed by atoms with Crippen molar-refractivity contribution in [1.29, 1.82) is 0 Å². The van der Waals surface area contributed by atoms with Gasteiger partial charge in [0.15, 0.2) is 0 Å². The van der Waals surface area contributed by atoms with Crippen molar-refractivity contribution in [2.75, 3.05) is 6.54 Å². The number of hydrogen-bond donors (Lipinski definition) is 2. The van der Waals surface area contributed by atoms with Crippen LogP contribution in [-0.2, 0) is 13.0 Å². The van der Waals surface area contributed by atoms with Gasteiger partial charge in [-0.05, 0) is 24.3 Å². The molecule has 0 bridgehead atoms. The van der Waals surface area contributed by atoms with Gasteiger partial charge in [0.2, 0.25) is 0 Å². The lowest BCUT2D eigenvalue weighted by atomic mass is 10.2. The third-order valence-electron chi connectivity index (χ3n) is 2.82. The molecule has 0 spiro atoms. The Kier molecular flexibility index (Phi) is 2.22. The van der Waals surface area contributed by atoms with E-state index in [-0.39, 0.29) is 5.82 Å². The van der Waals surface area contributed by atoms with E-state index >= 15 is 0 Å². The molecule has 82 valence electrons. The number of benzene rings is 1. The molecular formula is C12H12FN3. The van der Waals surface area contributed by atoms with E-state index in [9.17, 15) is 4.39 Å². The lowest BCUT2D eigenvalue weighted by Crippen LogP contribution is -2.23. The summed E-state index contributed by atoms with van der Waals surface area (Å²) in [5, 5.41) is 3.28. The summed E-state index contributed by atoms with van der Waals surface area (Å²) in [6, 6.07) is 6.39. The molecule has 2 N–H and O–H groups in total. The van der Waals surface area contributed by atoms with E-state index in [1.807, 2.05) is 0 Å². The molecule has 0 amide bonds. The molecule has 1 aliphatic rings. The van der Waals surface area contributed by atoms with Crippen molar-refractivity contribution in [3.63, 3.8) is 0 Å². The predicted molar refractivity (Wildman–Crippen MR) is 59.4 cm³/mol. The van der Waals surface area contributed by atoms with Crippen molar-refractivity contribution < 1.29 is 4.39 Å². The molecule has 3 nitrogen and oxygen atoms in total. The van der Waals surface area contributed by atoms with Crippen LogP contribution in [0, 0.1) is 5.82 Å². The Morgan fingerprint density at radius 2 is 2.00 bits per heavy atom. The maximum Gasteiger partial charge on any atom is 0.137 e. The molecule has 1 aromatic carbocycles. The summed E-state index contributed by atoms with van der Waals surface area (Å²) in [5.74, 6) is 0.607. The van der Waals surface area contributed by atoms with Gasteiger partial charge in [-0.1, -0.05) is 0 Å². The van der Waals surface area contributed by atoms with Gasteiger partial charge in [-0.2, -0.15) is 0 Å². The average molecular weight is 217 g/mol. The Balaban J connectivity index is 2.00. The van der Waals surface area contributed by atoms with Crippen LogP contribution in [0.3, 0.4) is 0 Å². The summed E-state index contributed by atoms with van der Waals surface area (Å²) < 4.78 is 12.8. The van der Waals surface area contributed by atoms with Crippen molar-refractivity contribution in [3.05, 3.63) is 41.5 Å². The molecule has 0 aliphatic carbocycles. The Bertz CT molecular complexity index is 478. The van der Waals surface area contributed by atoms with Gasteiger partial charge < -0.3 is 10.3 Å². The standard InChI is InChI=1S/C12H12FN3/c13-9-3-1-8(2-4-9)12-15-10-5-6-14-7-11(10)16-12/h1-4,14H,5-7H2,(H,15,16). The quantitative estimate of drug-likeness (QED) is 0.765. The number of nitrogens with zero attached hydrogens (tertiary/aromatic N) is 1. The fourth-order valence-corrected chi connectivity index (χ4v) is 1.96. The highest BCUT2D eigenvalue weighted by Gasteiger charge is 2.14. The third kappa shape index (κ3) is 1.61. The van der Waals surface area contributed by atoms with Crippen LogP contribution in [0.4, 0.5) is 4.39 Å². The molecule has 1 aromatic heterocycles. The van der Waals surface area contributed by atoms with Crippen molar-refractivity contribution in [2.24, 2.45) is 0 Å². The minimum atomic E-state index is -0.221. The maximum absolute atomic E-state index is 12.8. The highest BCUT2D eigenvalue weighted by molar-refractivity contribution is 5.55. The SMILES string of the molecule is Fc1ccc(-c2nc3c([nH]2)CNCC3)cc1. The largest absolute Gasteiger partial charge is 0.341 e. The number of nitrogens with one attached hydrogen (secondary N) is 2. The molecule has 0 radical (unpaired) electrons. The number of halogens is 1. The van der Waals surface area contributed by atoms with Gasteiger partial charge in [0.05, 0.1) is 11.4 Å². The van der Waals surface area contributed by atoms with E-state index in [1.165, 1.54) is 12.1 Å². The molecule has 4 heteroatoms. The predicted octanol–water partition coefficient (Wildman–Crippen LogP) is 1.86. The first kappa shape index (κ1) is 9.54. The van der Waals surface area contributed by atoms with Gasteiger partial charge in [0.1, 0.15) is 11.6 Å². The fourth-order valence-electron chi connectivity index (χ4n) is 1.96. The fraction of sp³-hybridized carbons (Fsp3) is 0.250. The Morgan fingerprint density at radius 1 is 1.19 bits per heavy atom. The smallest absolute Gasteiger partial charge is 0.137 e. The zero-order valence-corrected chi connectivity index (χ0v) is 8.76. The molecule has 0 saturated heterocycles. The van der Waals surface area contributed by atoms with Crippen LogP contribution in [0.25, 0.3) is 11.4 Å². The Hall–Kier alpha value is -1.68. The van der Waals surface area contributed by atoms with E-state index in [1.54, 1.807) is 12.1 Å². The van der Waals surface area contributed by atoms with Crippen LogP contribution in [0.2, 0.25) is 0 Å². The minimum Gasteiger partial charge on any atom is -0.341 e. The highest BCUT2D eigenvalue weighted by Crippen LogP contribution is 2.20. The van der Waals surface area contributed by atoms with E-state index < -0.39 is 0 Å². The molecule has 0 atom stereocenters. The van der Waals surface area contributed by atoms with E-state index in [4.69, 9.17) is 0 Å². The minimum absolute atomic E-state index is 0.221. The van der Waals surface area contributed by atoms with E-state index in [2.05, 4.69) is 15.3 Å². The van der Waals surface area contributed by atoms with Crippen LogP contribution in [-0.4, -0.2) is 16.5 Å². The zero-order chi connectivity index (χ0) is 11.0. The Labute approximate surface area is 92.7 Å². The number of rotatable bonds is 1. The van der Waals surface area contributed by atoms with E-state index in [0.29, 0.717) is 0 Å². The summed E-state index contributed by atoms with van der Waals surface area (Å²) in [6.45, 7) is 1.81. The third-order valence-corrected chi connectivity index (χ3v) is 2.82. The van der Waals surface area contributed by atoms with Gasteiger partial charge in [-0.15, -0.1) is 0 Å². The lowest BCUT2D eigenvalue weighted by Gasteiger charge is -2.09. The lowest BCUT2D eigenvalue weighted by molar-refractivity contribution is 0.627. The molecule has 2 aromatic rings. The second-order valence-electron chi connectivity index (χ2n) is 3.94. The van der Waals surface area contributed by atoms with Crippen LogP contribution in [0.15, 0.2) is 24.3 Å². The maximum atomic E-state index is 12.8. The van der Waals surface area contributed by atoms with Gasteiger partial charge >= 0.3 is 0 Å². The van der Waals surface area contributed by atoms with Crippen LogP contribution >= 0.6 is 0 Å². The first-order valence-electron chi connectivity index (χ1n) is 5.37. The summed E-state index contributed by atoms with van der Waals surface area (Å²) in [7, 11) is 0. The molecule has 16 heavy (non-hydrogen) atoms. The topological polar surface area (TPSA) is 40.7 Å². The van der Waals surface area contributed by atoms with Crippen LogP contribution in [0.5, 0.6) is 0 Å². The van der Waals surface area contributed by atoms with E-state index in [0.717, 1.165) is 42.3 Å². The van der Waals surface area contributed by atoms with Gasteiger partial charge in [-0.3, -0.25) is 0 Å². The van der Waals surface area contributed by atoms with Crippen molar-refractivity contribution in [1.82, 2.24) is 15.3 Å². The van der Waals surface area contributed by atoms with Gasteiger partial charge in [0, 0.05) is 25.1 Å². The number of aromatic amines is 1. The van der Waals surface area contributed by atoms with Crippen molar-refractivity contribution >= 4 is 0 Å². The number of fused-ring (bicyclic) bond motifs is 1. The number of hydrogen-bond acceptors (Lipinski definition) is 2. The average Bonchev–Trinajstić information content (AvgIpc) is 2.73. The molecule has 0 unspecified atom stereocenters. The van der Waals surface area contributed by atoms with Crippen LogP contribution < -0.4 is 5.32 Å². The summed E-state index contributed by atoms with van der Waals surface area (Å²) in [6.07, 6.45) is 0.951. The summed E-state index contributed by atoms with van der Waals surface area (Å²) in [4.78, 5) is 7.81. The molecular weight excluding hydrogens is 205 g/mol. The Morgan fingerprint density at radius 3 is 2.75 bits per heavy atom. The van der Waals surface area contributed by atoms with Gasteiger partial charge in [0.25, 0.3) is 0 Å². The molecule has 1 aliphatic heterocycles. The first-order chi connectivity index (χ1) is 7.83. The summed E-state index contributed by atoms with van der Waals surface area (Å²) in [5.41, 5.74) is 3.19. The molecule has 0 fully saturated rings. The molecule has 0 saturated carbocycles. The highest BCUT2D eigenvalue weighted by atomic mass is 19.1. The number of aromatic nitrogens is 2. The van der Waals surface area contributed by atoms with Crippen molar-refractivity contribution in [2.45, 2.75) is 13.0 Å². The van der Waals surface area contributed by atoms with Crippen LogP contribution in [0.1, 0.15) is 11.4 Å². The normalized spacial score (nSPS) is 14.8. The second-order valence-corrected chi connectivity index (χ2v) is 3.94. The summed E-state index contributed by atoms with van der Waals surface area (Å²) >= 11 is 0. The second kappa shape index (κ2) is 3.72. The molecule has 2 heterocycles. The monoisotopic (exact) mass is 217 g/mol. The van der Waals surface area contributed by atoms with Crippen molar-refractivity contribution in [3.8, 4) is 11.4 Å². The number of imidazole rings is 1. The first-order valence-corrected chi connectivity index (χ1v) is 5.37. The zero-order valence-electron chi connectivity index (χ0n) is 8.76. The van der Waals surface area contributed by atoms with Gasteiger partial charge in [-0.25, -0.2) is 9.37 Å². The molecule has 3 rings (SSSR count). The number of H-pyrrole nitrogens is 1.